The molecule has 2 heteroatoms. The smallest absolute Gasteiger partial charge is 0.122 e. The molecule has 0 bridgehead atoms. The Balaban J connectivity index is 1.95. The lowest BCUT2D eigenvalue weighted by Crippen LogP contribution is -2.30. The van der Waals surface area contributed by atoms with Crippen LogP contribution in [0.15, 0.2) is 18.2 Å². The fourth-order valence-corrected chi connectivity index (χ4v) is 1.86. The fourth-order valence-electron chi connectivity index (χ4n) is 1.86. The van der Waals surface area contributed by atoms with Gasteiger partial charge in [-0.15, -0.1) is 0 Å². The Morgan fingerprint density at radius 2 is 2.12 bits per heavy atom. The summed E-state index contributed by atoms with van der Waals surface area (Å²) in [6, 6.07) is 7.08. The van der Waals surface area contributed by atoms with Crippen molar-refractivity contribution in [2.75, 3.05) is 6.61 Å². The van der Waals surface area contributed by atoms with Crippen molar-refractivity contribution in [2.24, 2.45) is 5.92 Å². The van der Waals surface area contributed by atoms with Crippen LogP contribution in [0.2, 0.25) is 0 Å². The number of fused-ring (bicyclic) bond motifs is 1. The van der Waals surface area contributed by atoms with Gasteiger partial charge in [0.05, 0.1) is 6.61 Å². The van der Waals surface area contributed by atoms with E-state index >= 15 is 0 Å². The first kappa shape index (κ1) is 11.5. The Morgan fingerprint density at radius 1 is 1.31 bits per heavy atom. The number of hydrogen-bond donors (Lipinski definition) is 1. The predicted octanol–water partition coefficient (Wildman–Crippen LogP) is 2.76. The molecule has 16 heavy (non-hydrogen) atoms. The lowest BCUT2D eigenvalue weighted by atomic mass is 10.1. The fraction of sp³-hybridized carbons (Fsp3) is 0.571. The molecule has 1 unspecified atom stereocenters. The number of ether oxygens (including phenoxy) is 1. The molecule has 2 rings (SSSR count). The Morgan fingerprint density at radius 3 is 2.88 bits per heavy atom. The standard InChI is InChI=1S/C14H21NO/c1-10(2)11(3)15-9-12-4-5-14-13(8-12)6-7-16-14/h4-5,8,10-11,15H,6-7,9H2,1-3H3. The van der Waals surface area contributed by atoms with E-state index in [-0.39, 0.29) is 0 Å². The van der Waals surface area contributed by atoms with Crippen LogP contribution in [-0.4, -0.2) is 12.6 Å². The maximum absolute atomic E-state index is 5.50. The normalized spacial score (nSPS) is 16.0. The highest BCUT2D eigenvalue weighted by Gasteiger charge is 2.12. The largest absolute Gasteiger partial charge is 0.493 e. The molecule has 1 aromatic carbocycles. The van der Waals surface area contributed by atoms with Gasteiger partial charge in [0, 0.05) is 19.0 Å². The molecule has 2 nitrogen and oxygen atoms in total. The molecule has 88 valence electrons. The van der Waals surface area contributed by atoms with E-state index in [1.807, 2.05) is 0 Å². The minimum absolute atomic E-state index is 0.560. The molecule has 0 radical (unpaired) electrons. The molecule has 0 saturated heterocycles. The van der Waals surface area contributed by atoms with Gasteiger partial charge in [0.15, 0.2) is 0 Å². The van der Waals surface area contributed by atoms with Crippen molar-refractivity contribution in [3.05, 3.63) is 29.3 Å². The van der Waals surface area contributed by atoms with E-state index in [2.05, 4.69) is 44.3 Å². The Labute approximate surface area is 98.0 Å². The van der Waals surface area contributed by atoms with Gasteiger partial charge in [0.2, 0.25) is 0 Å². The van der Waals surface area contributed by atoms with Gasteiger partial charge in [0.25, 0.3) is 0 Å². The number of hydrogen-bond acceptors (Lipinski definition) is 2. The highest BCUT2D eigenvalue weighted by molar-refractivity contribution is 5.39. The van der Waals surface area contributed by atoms with E-state index in [4.69, 9.17) is 4.74 Å². The van der Waals surface area contributed by atoms with Crippen molar-refractivity contribution < 1.29 is 4.74 Å². The molecule has 0 aliphatic carbocycles. The second-order valence-electron chi connectivity index (χ2n) is 4.95. The first-order chi connectivity index (χ1) is 7.66. The number of nitrogens with one attached hydrogen (secondary N) is 1. The summed E-state index contributed by atoms with van der Waals surface area (Å²) in [7, 11) is 0. The highest BCUT2D eigenvalue weighted by atomic mass is 16.5. The van der Waals surface area contributed by atoms with Gasteiger partial charge in [0.1, 0.15) is 5.75 Å². The number of rotatable bonds is 4. The van der Waals surface area contributed by atoms with Crippen LogP contribution in [0.3, 0.4) is 0 Å². The summed E-state index contributed by atoms with van der Waals surface area (Å²) in [5.41, 5.74) is 2.72. The quantitative estimate of drug-likeness (QED) is 0.840. The zero-order valence-electron chi connectivity index (χ0n) is 10.4. The van der Waals surface area contributed by atoms with Crippen LogP contribution in [0.5, 0.6) is 5.75 Å². The summed E-state index contributed by atoms with van der Waals surface area (Å²) in [4.78, 5) is 0. The molecule has 1 aliphatic rings. The van der Waals surface area contributed by atoms with Crippen LogP contribution < -0.4 is 10.1 Å². The van der Waals surface area contributed by atoms with Gasteiger partial charge in [-0.1, -0.05) is 26.0 Å². The summed E-state index contributed by atoms with van der Waals surface area (Å²) >= 11 is 0. The Bertz CT molecular complexity index is 360. The van der Waals surface area contributed by atoms with E-state index in [1.54, 1.807) is 0 Å². The van der Waals surface area contributed by atoms with Crippen molar-refractivity contribution in [3.8, 4) is 5.75 Å². The van der Waals surface area contributed by atoms with Gasteiger partial charge < -0.3 is 10.1 Å². The third kappa shape index (κ3) is 2.56. The van der Waals surface area contributed by atoms with E-state index in [0.717, 1.165) is 25.3 Å². The third-order valence-electron chi connectivity index (χ3n) is 3.38. The van der Waals surface area contributed by atoms with Gasteiger partial charge in [-0.3, -0.25) is 0 Å². The summed E-state index contributed by atoms with van der Waals surface area (Å²) in [6.07, 6.45) is 1.06. The average molecular weight is 219 g/mol. The molecule has 1 aromatic rings. The van der Waals surface area contributed by atoms with Crippen LogP contribution in [0.4, 0.5) is 0 Å². The topological polar surface area (TPSA) is 21.3 Å². The van der Waals surface area contributed by atoms with Gasteiger partial charge in [-0.2, -0.15) is 0 Å². The maximum atomic E-state index is 5.50. The van der Waals surface area contributed by atoms with E-state index in [9.17, 15) is 0 Å². The minimum atomic E-state index is 0.560. The molecule has 0 fully saturated rings. The molecule has 1 N–H and O–H groups in total. The van der Waals surface area contributed by atoms with Crippen molar-refractivity contribution in [2.45, 2.75) is 39.8 Å². The predicted molar refractivity (Wildman–Crippen MR) is 66.8 cm³/mol. The molecule has 0 aromatic heterocycles. The maximum Gasteiger partial charge on any atom is 0.122 e. The molecular formula is C14H21NO. The van der Waals surface area contributed by atoms with Gasteiger partial charge >= 0.3 is 0 Å². The second-order valence-corrected chi connectivity index (χ2v) is 4.95. The first-order valence-electron chi connectivity index (χ1n) is 6.15. The average Bonchev–Trinajstić information content (AvgIpc) is 2.72. The monoisotopic (exact) mass is 219 g/mol. The molecule has 1 heterocycles. The van der Waals surface area contributed by atoms with Crippen LogP contribution in [0.25, 0.3) is 0 Å². The summed E-state index contributed by atoms with van der Waals surface area (Å²) in [6.45, 7) is 8.52. The third-order valence-corrected chi connectivity index (χ3v) is 3.38. The van der Waals surface area contributed by atoms with Crippen molar-refractivity contribution >= 4 is 0 Å². The van der Waals surface area contributed by atoms with Crippen molar-refractivity contribution in [1.82, 2.24) is 5.32 Å². The van der Waals surface area contributed by atoms with Gasteiger partial charge in [-0.05, 0) is 30.0 Å². The molecule has 0 spiro atoms. The van der Waals surface area contributed by atoms with Crippen LogP contribution in [0.1, 0.15) is 31.9 Å². The zero-order valence-corrected chi connectivity index (χ0v) is 10.4. The SMILES string of the molecule is CC(C)C(C)NCc1ccc2c(c1)CCO2. The Hall–Kier alpha value is -1.02. The second kappa shape index (κ2) is 4.88. The van der Waals surface area contributed by atoms with Crippen LogP contribution in [0, 0.1) is 5.92 Å². The van der Waals surface area contributed by atoms with Crippen molar-refractivity contribution in [3.63, 3.8) is 0 Å². The molecule has 0 amide bonds. The summed E-state index contributed by atoms with van der Waals surface area (Å²) in [5.74, 6) is 1.75. The summed E-state index contributed by atoms with van der Waals surface area (Å²) < 4.78 is 5.50. The number of benzene rings is 1. The lowest BCUT2D eigenvalue weighted by molar-refractivity contribution is 0.356. The first-order valence-corrected chi connectivity index (χ1v) is 6.15. The highest BCUT2D eigenvalue weighted by Crippen LogP contribution is 2.25. The van der Waals surface area contributed by atoms with E-state index in [1.165, 1.54) is 11.1 Å². The minimum Gasteiger partial charge on any atom is -0.493 e. The van der Waals surface area contributed by atoms with Crippen LogP contribution in [-0.2, 0) is 13.0 Å². The molecule has 0 saturated carbocycles. The van der Waals surface area contributed by atoms with Gasteiger partial charge in [-0.25, -0.2) is 0 Å². The van der Waals surface area contributed by atoms with E-state index < -0.39 is 0 Å². The molecule has 1 atom stereocenters. The van der Waals surface area contributed by atoms with Crippen LogP contribution >= 0.6 is 0 Å². The lowest BCUT2D eigenvalue weighted by Gasteiger charge is -2.17. The molecule has 1 aliphatic heterocycles. The van der Waals surface area contributed by atoms with Crippen molar-refractivity contribution in [1.29, 1.82) is 0 Å². The van der Waals surface area contributed by atoms with E-state index in [0.29, 0.717) is 12.0 Å². The Kier molecular flexibility index (Phi) is 3.49. The zero-order chi connectivity index (χ0) is 11.5. The summed E-state index contributed by atoms with van der Waals surface area (Å²) in [5, 5.41) is 3.55. The molecular weight excluding hydrogens is 198 g/mol.